The lowest BCUT2D eigenvalue weighted by Gasteiger charge is -2.10. The van der Waals surface area contributed by atoms with Gasteiger partial charge in [-0.3, -0.25) is 0 Å². The third kappa shape index (κ3) is 4.12. The summed E-state index contributed by atoms with van der Waals surface area (Å²) in [4.78, 5) is 0. The summed E-state index contributed by atoms with van der Waals surface area (Å²) >= 11 is 2.18. The van der Waals surface area contributed by atoms with Gasteiger partial charge in [0.25, 0.3) is 0 Å². The fraction of sp³-hybridized carbons (Fsp3) is 0.143. The molecule has 100 valence electrons. The quantitative estimate of drug-likeness (QED) is 0.656. The number of rotatable bonds is 2. The van der Waals surface area contributed by atoms with Gasteiger partial charge >= 0.3 is 6.36 Å². The number of alkyl halides is 3. The third-order valence-corrected chi connectivity index (χ3v) is 3.07. The van der Waals surface area contributed by atoms with Crippen molar-refractivity contribution in [3.05, 3.63) is 51.6 Å². The summed E-state index contributed by atoms with van der Waals surface area (Å²) in [5.74, 6) is -0.207. The summed E-state index contributed by atoms with van der Waals surface area (Å²) in [6, 6.07) is 11.8. The first-order valence-corrected chi connectivity index (χ1v) is 6.55. The van der Waals surface area contributed by atoms with Gasteiger partial charge in [0.15, 0.2) is 0 Å². The molecule has 19 heavy (non-hydrogen) atoms. The zero-order valence-corrected chi connectivity index (χ0v) is 12.1. The molecule has 0 atom stereocenters. The smallest absolute Gasteiger partial charge is 0.406 e. The Kier molecular flexibility index (Phi) is 4.03. The minimum Gasteiger partial charge on any atom is -0.406 e. The molecule has 2 aromatic carbocycles. The molecule has 1 nitrogen and oxygen atoms in total. The van der Waals surface area contributed by atoms with Crippen molar-refractivity contribution in [3.63, 3.8) is 0 Å². The Bertz CT molecular complexity index is 573. The lowest BCUT2D eigenvalue weighted by atomic mass is 10.0. The van der Waals surface area contributed by atoms with Gasteiger partial charge in [-0.15, -0.1) is 13.2 Å². The summed E-state index contributed by atoms with van der Waals surface area (Å²) in [7, 11) is 0. The minimum absolute atomic E-state index is 0.207. The first-order chi connectivity index (χ1) is 8.83. The van der Waals surface area contributed by atoms with E-state index in [1.54, 1.807) is 12.1 Å². The van der Waals surface area contributed by atoms with Crippen molar-refractivity contribution < 1.29 is 17.9 Å². The molecule has 0 saturated carbocycles. The molecule has 5 heteroatoms. The first-order valence-electron chi connectivity index (χ1n) is 5.47. The van der Waals surface area contributed by atoms with Crippen LogP contribution in [0, 0.1) is 10.5 Å². The van der Waals surface area contributed by atoms with Gasteiger partial charge in [0.2, 0.25) is 0 Å². The summed E-state index contributed by atoms with van der Waals surface area (Å²) in [6.45, 7) is 1.95. The zero-order chi connectivity index (χ0) is 14.0. The number of hydrogen-bond acceptors (Lipinski definition) is 1. The number of benzene rings is 2. The molecular formula is C14H10F3IO. The monoisotopic (exact) mass is 378 g/mol. The zero-order valence-electron chi connectivity index (χ0n) is 9.96. The van der Waals surface area contributed by atoms with Crippen LogP contribution in [0.4, 0.5) is 13.2 Å². The van der Waals surface area contributed by atoms with E-state index in [-0.39, 0.29) is 5.75 Å². The van der Waals surface area contributed by atoms with E-state index >= 15 is 0 Å². The van der Waals surface area contributed by atoms with Crippen LogP contribution >= 0.6 is 22.6 Å². The van der Waals surface area contributed by atoms with E-state index in [4.69, 9.17) is 0 Å². The second kappa shape index (κ2) is 5.40. The van der Waals surface area contributed by atoms with Crippen molar-refractivity contribution in [2.24, 2.45) is 0 Å². The maximum atomic E-state index is 12.2. The molecule has 0 aliphatic heterocycles. The van der Waals surface area contributed by atoms with E-state index in [1.807, 2.05) is 25.1 Å². The average molecular weight is 378 g/mol. The number of halogens is 4. The van der Waals surface area contributed by atoms with Gasteiger partial charge < -0.3 is 4.74 Å². The van der Waals surface area contributed by atoms with Crippen LogP contribution < -0.4 is 4.74 Å². The van der Waals surface area contributed by atoms with Crippen LogP contribution in [0.2, 0.25) is 0 Å². The number of hydrogen-bond donors (Lipinski definition) is 0. The highest BCUT2D eigenvalue weighted by Crippen LogP contribution is 2.29. The van der Waals surface area contributed by atoms with Crippen molar-refractivity contribution in [3.8, 4) is 16.9 Å². The Hall–Kier alpha value is -1.24. The standard InChI is InChI=1S/C14H10F3IO/c1-9-5-11(7-12(18)6-9)10-3-2-4-13(8-10)19-14(15,16)17/h2-8H,1H3. The lowest BCUT2D eigenvalue weighted by Crippen LogP contribution is -2.17. The molecule has 0 radical (unpaired) electrons. The molecule has 2 aromatic rings. The highest BCUT2D eigenvalue weighted by Gasteiger charge is 2.31. The summed E-state index contributed by atoms with van der Waals surface area (Å²) in [5.41, 5.74) is 2.63. The molecule has 0 aliphatic rings. The Morgan fingerprint density at radius 2 is 1.74 bits per heavy atom. The first kappa shape index (κ1) is 14.2. The van der Waals surface area contributed by atoms with Crippen LogP contribution in [-0.4, -0.2) is 6.36 Å². The van der Waals surface area contributed by atoms with Crippen LogP contribution in [0.15, 0.2) is 42.5 Å². The highest BCUT2D eigenvalue weighted by atomic mass is 127. The van der Waals surface area contributed by atoms with Crippen LogP contribution in [0.25, 0.3) is 11.1 Å². The molecule has 0 bridgehead atoms. The normalized spacial score (nSPS) is 11.4. The highest BCUT2D eigenvalue weighted by molar-refractivity contribution is 14.1. The van der Waals surface area contributed by atoms with E-state index in [0.29, 0.717) is 5.56 Å². The SMILES string of the molecule is Cc1cc(I)cc(-c2cccc(OC(F)(F)F)c2)c1. The molecule has 0 aliphatic carbocycles. The largest absolute Gasteiger partial charge is 0.573 e. The Morgan fingerprint density at radius 1 is 1.00 bits per heavy atom. The number of ether oxygens (including phenoxy) is 1. The predicted octanol–water partition coefficient (Wildman–Crippen LogP) is 5.17. The molecule has 0 amide bonds. The predicted molar refractivity (Wildman–Crippen MR) is 76.0 cm³/mol. The molecule has 0 spiro atoms. The van der Waals surface area contributed by atoms with E-state index in [2.05, 4.69) is 27.3 Å². The van der Waals surface area contributed by atoms with Crippen molar-refractivity contribution in [2.45, 2.75) is 13.3 Å². The maximum Gasteiger partial charge on any atom is 0.573 e. The van der Waals surface area contributed by atoms with Crippen molar-refractivity contribution in [1.82, 2.24) is 0 Å². The lowest BCUT2D eigenvalue weighted by molar-refractivity contribution is -0.274. The second-order valence-corrected chi connectivity index (χ2v) is 5.34. The average Bonchev–Trinajstić information content (AvgIpc) is 2.25. The van der Waals surface area contributed by atoms with Crippen LogP contribution in [0.5, 0.6) is 5.75 Å². The fourth-order valence-electron chi connectivity index (χ4n) is 1.78. The van der Waals surface area contributed by atoms with E-state index < -0.39 is 6.36 Å². The van der Waals surface area contributed by atoms with Gasteiger partial charge in [-0.05, 0) is 70.5 Å². The van der Waals surface area contributed by atoms with Gasteiger partial charge in [0.05, 0.1) is 0 Å². The molecular weight excluding hydrogens is 368 g/mol. The fourth-order valence-corrected chi connectivity index (χ4v) is 2.60. The molecule has 0 N–H and O–H groups in total. The van der Waals surface area contributed by atoms with Crippen molar-refractivity contribution >= 4 is 22.6 Å². The third-order valence-electron chi connectivity index (χ3n) is 2.44. The van der Waals surface area contributed by atoms with Crippen LogP contribution in [0.3, 0.4) is 0 Å². The van der Waals surface area contributed by atoms with E-state index in [1.165, 1.54) is 12.1 Å². The molecule has 2 rings (SSSR count). The summed E-state index contributed by atoms with van der Waals surface area (Å²) < 4.78 is 41.5. The van der Waals surface area contributed by atoms with Gasteiger partial charge in [-0.25, -0.2) is 0 Å². The topological polar surface area (TPSA) is 9.23 Å². The van der Waals surface area contributed by atoms with Gasteiger partial charge in [-0.1, -0.05) is 18.2 Å². The molecule has 0 unspecified atom stereocenters. The van der Waals surface area contributed by atoms with Crippen LogP contribution in [-0.2, 0) is 0 Å². The van der Waals surface area contributed by atoms with Crippen molar-refractivity contribution in [1.29, 1.82) is 0 Å². The molecule has 0 fully saturated rings. The molecule has 0 aromatic heterocycles. The Labute approximate surface area is 122 Å². The van der Waals surface area contributed by atoms with Crippen molar-refractivity contribution in [2.75, 3.05) is 0 Å². The summed E-state index contributed by atoms with van der Waals surface area (Å²) in [5, 5.41) is 0. The Morgan fingerprint density at radius 3 is 2.37 bits per heavy atom. The van der Waals surface area contributed by atoms with Gasteiger partial charge in [0.1, 0.15) is 5.75 Å². The Balaban J connectivity index is 2.37. The number of aryl methyl sites for hydroxylation is 1. The summed E-state index contributed by atoms with van der Waals surface area (Å²) in [6.07, 6.45) is -4.67. The second-order valence-electron chi connectivity index (χ2n) is 4.09. The minimum atomic E-state index is -4.67. The van der Waals surface area contributed by atoms with E-state index in [9.17, 15) is 13.2 Å². The van der Waals surface area contributed by atoms with Crippen LogP contribution in [0.1, 0.15) is 5.56 Å². The maximum absolute atomic E-state index is 12.2. The molecule has 0 saturated heterocycles. The van der Waals surface area contributed by atoms with Gasteiger partial charge in [0, 0.05) is 3.57 Å². The van der Waals surface area contributed by atoms with Gasteiger partial charge in [-0.2, -0.15) is 0 Å². The van der Waals surface area contributed by atoms with E-state index in [0.717, 1.165) is 14.7 Å². The molecule has 0 heterocycles.